The molecule has 2 aliphatic heterocycles. The topological polar surface area (TPSA) is 146 Å². The van der Waals surface area contributed by atoms with Crippen molar-refractivity contribution >= 4 is 27.3 Å². The number of carbonyl (C=O) groups is 1. The molecule has 35 heavy (non-hydrogen) atoms. The van der Waals surface area contributed by atoms with Crippen molar-refractivity contribution in [1.82, 2.24) is 9.97 Å². The van der Waals surface area contributed by atoms with Gasteiger partial charge in [0.2, 0.25) is 0 Å². The minimum atomic E-state index is -2.92. The minimum Gasteiger partial charge on any atom is -0.386 e. The first-order valence-electron chi connectivity index (χ1n) is 11.4. The first-order valence-corrected chi connectivity index (χ1v) is 12.9. The van der Waals surface area contributed by atoms with E-state index in [2.05, 4.69) is 24.6 Å². The quantitative estimate of drug-likeness (QED) is 0.664. The molecule has 2 aromatic heterocycles. The summed E-state index contributed by atoms with van der Waals surface area (Å²) in [5.74, 6) is -0.961. The summed E-state index contributed by atoms with van der Waals surface area (Å²) in [6, 6.07) is 6.07. The third-order valence-electron chi connectivity index (χ3n) is 6.86. The summed E-state index contributed by atoms with van der Waals surface area (Å²) in [6.07, 6.45) is 3.39. The van der Waals surface area contributed by atoms with Crippen LogP contribution in [-0.2, 0) is 15.3 Å². The highest BCUT2D eigenvalue weighted by Crippen LogP contribution is 2.46. The number of amides is 1. The molecule has 0 bridgehead atoms. The van der Waals surface area contributed by atoms with Crippen LogP contribution < -0.4 is 11.1 Å². The summed E-state index contributed by atoms with van der Waals surface area (Å²) in [6.45, 7) is 7.33. The van der Waals surface area contributed by atoms with Gasteiger partial charge in [0, 0.05) is 12.7 Å². The number of anilines is 1. The van der Waals surface area contributed by atoms with Gasteiger partial charge in [-0.1, -0.05) is 6.42 Å². The van der Waals surface area contributed by atoms with Crippen LogP contribution in [0.15, 0.2) is 33.8 Å². The Morgan fingerprint density at radius 1 is 1.31 bits per heavy atom. The van der Waals surface area contributed by atoms with Crippen molar-refractivity contribution in [2.24, 2.45) is 15.1 Å². The second-order valence-electron chi connectivity index (χ2n) is 9.54. The van der Waals surface area contributed by atoms with Gasteiger partial charge < -0.3 is 11.1 Å². The van der Waals surface area contributed by atoms with Gasteiger partial charge in [-0.25, -0.2) is 22.9 Å². The van der Waals surface area contributed by atoms with Crippen LogP contribution >= 0.6 is 0 Å². The number of aromatic nitrogens is 2. The number of hydrogen-bond acceptors (Lipinski definition) is 8. The van der Waals surface area contributed by atoms with Crippen molar-refractivity contribution in [3.05, 3.63) is 52.7 Å². The molecule has 11 heteroatoms. The predicted octanol–water partition coefficient (Wildman–Crippen LogP) is 3.43. The van der Waals surface area contributed by atoms with Crippen molar-refractivity contribution < 1.29 is 13.4 Å². The largest absolute Gasteiger partial charge is 0.386 e. The Bertz CT molecular complexity index is 1410. The average Bonchev–Trinajstić information content (AvgIpc) is 3.02. The van der Waals surface area contributed by atoms with Crippen molar-refractivity contribution in [2.45, 2.75) is 62.5 Å². The molecule has 9 nitrogen and oxygen atoms in total. The standard InChI is InChI=1S/C24H28FN7O2S/c1-14-11-15(12-26)13-28-19(14)21(33)31-18-9-8-16(25)20(30-18)24(4)17-7-5-6-10-29-35(17,34)23(2,3)22(27)32-24/h8-9,11,13,17H,5-7,10H2,1-4H3,(H2,27,32)(H,30,31,33)/t17-,24+,35+/m1/s1. The molecule has 3 N–H and O–H groups in total. The fraction of sp³-hybridized carbons (Fsp3) is 0.458. The number of rotatable bonds is 3. The summed E-state index contributed by atoms with van der Waals surface area (Å²) in [5, 5.41) is 11.1. The van der Waals surface area contributed by atoms with E-state index in [0.717, 1.165) is 12.8 Å². The molecule has 0 radical (unpaired) electrons. The molecule has 4 rings (SSSR count). The van der Waals surface area contributed by atoms with E-state index in [9.17, 15) is 9.00 Å². The molecular formula is C24H28FN7O2S. The van der Waals surface area contributed by atoms with Crippen LogP contribution in [0.4, 0.5) is 10.2 Å². The van der Waals surface area contributed by atoms with E-state index < -0.39 is 37.0 Å². The van der Waals surface area contributed by atoms with Gasteiger partial charge in [-0.2, -0.15) is 5.26 Å². The van der Waals surface area contributed by atoms with Crippen LogP contribution in [0.3, 0.4) is 0 Å². The van der Waals surface area contributed by atoms with E-state index in [1.165, 1.54) is 18.3 Å². The Morgan fingerprint density at radius 3 is 2.74 bits per heavy atom. The zero-order valence-corrected chi connectivity index (χ0v) is 20.9. The van der Waals surface area contributed by atoms with Crippen molar-refractivity contribution in [2.75, 3.05) is 11.9 Å². The fourth-order valence-corrected chi connectivity index (χ4v) is 7.96. The van der Waals surface area contributed by atoms with Gasteiger partial charge in [0.15, 0.2) is 0 Å². The average molecular weight is 498 g/mol. The zero-order chi connectivity index (χ0) is 25.6. The van der Waals surface area contributed by atoms with Crippen LogP contribution in [0.25, 0.3) is 0 Å². The molecule has 184 valence electrons. The number of aryl methyl sites for hydroxylation is 1. The molecule has 0 aliphatic carbocycles. The summed E-state index contributed by atoms with van der Waals surface area (Å²) >= 11 is 0. The van der Waals surface area contributed by atoms with Crippen LogP contribution in [0, 0.1) is 24.1 Å². The number of halogens is 1. The van der Waals surface area contributed by atoms with Crippen molar-refractivity contribution in [1.29, 1.82) is 5.26 Å². The Labute approximate surface area is 204 Å². The molecule has 0 spiro atoms. The SMILES string of the molecule is Cc1cc(C#N)cnc1C(=O)Nc1ccc(F)c([C@@]2(C)N=C(N)C(C)(C)[S@]3(=O)=NCCCC[C@H]23)n1. The van der Waals surface area contributed by atoms with Gasteiger partial charge in [-0.05, 0) is 64.3 Å². The van der Waals surface area contributed by atoms with Gasteiger partial charge in [-0.15, -0.1) is 0 Å². The Morgan fingerprint density at radius 2 is 2.06 bits per heavy atom. The number of nitrogens with two attached hydrogens (primary N) is 1. The molecule has 0 unspecified atom stereocenters. The number of amidine groups is 1. The monoisotopic (exact) mass is 497 g/mol. The number of pyridine rings is 2. The smallest absolute Gasteiger partial charge is 0.275 e. The molecule has 0 saturated heterocycles. The molecule has 2 aliphatic rings. The number of nitrogens with one attached hydrogen (secondary N) is 1. The minimum absolute atomic E-state index is 0.0481. The number of carbonyl (C=O) groups excluding carboxylic acids is 1. The zero-order valence-electron chi connectivity index (χ0n) is 20.1. The van der Waals surface area contributed by atoms with Crippen LogP contribution in [0.1, 0.15) is 67.3 Å². The maximum Gasteiger partial charge on any atom is 0.275 e. The second-order valence-corrected chi connectivity index (χ2v) is 12.5. The normalized spacial score (nSPS) is 27.4. The highest BCUT2D eigenvalue weighted by molar-refractivity contribution is 7.96. The summed E-state index contributed by atoms with van der Waals surface area (Å²) in [5.41, 5.74) is 5.90. The lowest BCUT2D eigenvalue weighted by Crippen LogP contribution is -2.59. The lowest BCUT2D eigenvalue weighted by molar-refractivity contribution is 0.102. The van der Waals surface area contributed by atoms with E-state index in [-0.39, 0.29) is 23.0 Å². The number of nitriles is 1. The number of fused-ring (bicyclic) bond motifs is 1. The molecule has 4 heterocycles. The van der Waals surface area contributed by atoms with Crippen molar-refractivity contribution in [3.8, 4) is 6.07 Å². The third-order valence-corrected chi connectivity index (χ3v) is 10.6. The molecule has 1 amide bonds. The number of nitrogens with zero attached hydrogens (tertiary/aromatic N) is 5. The second kappa shape index (κ2) is 8.68. The Kier molecular flexibility index (Phi) is 6.13. The fourth-order valence-electron chi connectivity index (χ4n) is 4.73. The molecule has 3 atom stereocenters. The van der Waals surface area contributed by atoms with E-state index in [0.29, 0.717) is 24.1 Å². The van der Waals surface area contributed by atoms with E-state index in [1.54, 1.807) is 33.8 Å². The first-order chi connectivity index (χ1) is 16.4. The molecule has 0 saturated carbocycles. The predicted molar refractivity (Wildman–Crippen MR) is 132 cm³/mol. The number of aliphatic imine (C=N–C) groups is 1. The Balaban J connectivity index is 1.78. The molecular weight excluding hydrogens is 469 g/mol. The van der Waals surface area contributed by atoms with E-state index in [4.69, 9.17) is 11.0 Å². The highest BCUT2D eigenvalue weighted by atomic mass is 32.2. The molecule has 0 fully saturated rings. The van der Waals surface area contributed by atoms with Gasteiger partial charge in [0.05, 0.1) is 20.5 Å². The Hall–Kier alpha value is -3.39. The van der Waals surface area contributed by atoms with E-state index in [1.807, 2.05) is 6.07 Å². The van der Waals surface area contributed by atoms with Crippen LogP contribution in [0.2, 0.25) is 0 Å². The summed E-state index contributed by atoms with van der Waals surface area (Å²) in [4.78, 5) is 26.0. The lowest BCUT2D eigenvalue weighted by Gasteiger charge is -2.45. The summed E-state index contributed by atoms with van der Waals surface area (Å²) in [7, 11) is -2.92. The first kappa shape index (κ1) is 24.7. The number of hydrogen-bond donors (Lipinski definition) is 2. The molecule has 0 aromatic carbocycles. The van der Waals surface area contributed by atoms with Gasteiger partial charge in [0.25, 0.3) is 5.91 Å². The lowest BCUT2D eigenvalue weighted by atomic mass is 9.88. The molecule has 2 aromatic rings. The maximum atomic E-state index is 15.3. The van der Waals surface area contributed by atoms with Crippen LogP contribution in [-0.4, -0.2) is 42.5 Å². The third kappa shape index (κ3) is 3.95. The van der Waals surface area contributed by atoms with Gasteiger partial charge >= 0.3 is 0 Å². The van der Waals surface area contributed by atoms with Crippen LogP contribution in [0.5, 0.6) is 0 Å². The van der Waals surface area contributed by atoms with E-state index >= 15 is 4.39 Å². The highest BCUT2D eigenvalue weighted by Gasteiger charge is 2.56. The maximum absolute atomic E-state index is 15.3. The summed E-state index contributed by atoms with van der Waals surface area (Å²) < 4.78 is 33.2. The van der Waals surface area contributed by atoms with Gasteiger partial charge in [-0.3, -0.25) is 9.79 Å². The van der Waals surface area contributed by atoms with Crippen molar-refractivity contribution in [3.63, 3.8) is 0 Å². The van der Waals surface area contributed by atoms with Gasteiger partial charge in [0.1, 0.15) is 45.2 Å².